The van der Waals surface area contributed by atoms with Crippen LogP contribution in [0.5, 0.6) is 0 Å². The molecule has 2 rings (SSSR count). The van der Waals surface area contributed by atoms with Gasteiger partial charge in [-0.25, -0.2) is 0 Å². The lowest BCUT2D eigenvalue weighted by atomic mass is 10.1. The molecule has 0 fully saturated rings. The molecule has 2 N–H and O–H groups in total. The van der Waals surface area contributed by atoms with Crippen molar-refractivity contribution in [3.8, 4) is 0 Å². The normalized spacial score (nSPS) is 12.2. The topological polar surface area (TPSA) is 62.0 Å². The SMILES string of the molecule is O=[C][C@H](Cc1c[nH]c2ccccc12)NC=O. The van der Waals surface area contributed by atoms with Gasteiger partial charge in [0.05, 0.1) is 6.04 Å². The Morgan fingerprint density at radius 1 is 1.44 bits per heavy atom. The quantitative estimate of drug-likeness (QED) is 0.729. The van der Waals surface area contributed by atoms with Crippen molar-refractivity contribution in [3.63, 3.8) is 0 Å². The van der Waals surface area contributed by atoms with E-state index in [0.717, 1.165) is 16.5 Å². The maximum atomic E-state index is 10.6. The first-order valence-electron chi connectivity index (χ1n) is 4.97. The maximum absolute atomic E-state index is 10.6. The fourth-order valence-corrected chi connectivity index (χ4v) is 1.74. The molecule has 1 heterocycles. The predicted molar refractivity (Wildman–Crippen MR) is 60.7 cm³/mol. The van der Waals surface area contributed by atoms with Crippen LogP contribution in [0.3, 0.4) is 0 Å². The fourth-order valence-electron chi connectivity index (χ4n) is 1.74. The van der Waals surface area contributed by atoms with Crippen molar-refractivity contribution in [2.45, 2.75) is 12.5 Å². The average molecular weight is 215 g/mol. The van der Waals surface area contributed by atoms with Gasteiger partial charge in [0.2, 0.25) is 12.7 Å². The lowest BCUT2D eigenvalue weighted by Gasteiger charge is -2.06. The van der Waals surface area contributed by atoms with Crippen LogP contribution in [0.2, 0.25) is 0 Å². The van der Waals surface area contributed by atoms with Crippen LogP contribution in [0, 0.1) is 0 Å². The molecular formula is C12H11N2O2. The highest BCUT2D eigenvalue weighted by Gasteiger charge is 2.11. The summed E-state index contributed by atoms with van der Waals surface area (Å²) in [6.07, 6.45) is 4.62. The molecule has 0 spiro atoms. The van der Waals surface area contributed by atoms with E-state index in [-0.39, 0.29) is 0 Å². The van der Waals surface area contributed by atoms with Gasteiger partial charge < -0.3 is 10.3 Å². The molecule has 0 saturated heterocycles. The van der Waals surface area contributed by atoms with Gasteiger partial charge in [-0.15, -0.1) is 0 Å². The van der Waals surface area contributed by atoms with Crippen LogP contribution in [-0.2, 0) is 16.0 Å². The lowest BCUT2D eigenvalue weighted by molar-refractivity contribution is -0.109. The molecular weight excluding hydrogens is 204 g/mol. The van der Waals surface area contributed by atoms with Crippen molar-refractivity contribution in [1.82, 2.24) is 10.3 Å². The second-order valence-corrected chi connectivity index (χ2v) is 3.52. The van der Waals surface area contributed by atoms with E-state index in [1.54, 1.807) is 6.29 Å². The van der Waals surface area contributed by atoms with Gasteiger partial charge in [0, 0.05) is 23.5 Å². The van der Waals surface area contributed by atoms with Crippen molar-refractivity contribution in [2.24, 2.45) is 0 Å². The van der Waals surface area contributed by atoms with Gasteiger partial charge >= 0.3 is 0 Å². The van der Waals surface area contributed by atoms with E-state index in [4.69, 9.17) is 0 Å². The van der Waals surface area contributed by atoms with Crippen LogP contribution in [-0.4, -0.2) is 23.7 Å². The lowest BCUT2D eigenvalue weighted by Crippen LogP contribution is -2.31. The molecule has 2 aromatic rings. The third-order valence-corrected chi connectivity index (χ3v) is 2.51. The minimum absolute atomic E-state index is 0.451. The summed E-state index contributed by atoms with van der Waals surface area (Å²) < 4.78 is 0. The molecule has 1 amide bonds. The summed E-state index contributed by atoms with van der Waals surface area (Å²) in [6, 6.07) is 7.23. The highest BCUT2D eigenvalue weighted by atomic mass is 16.1. The van der Waals surface area contributed by atoms with E-state index < -0.39 is 6.04 Å². The van der Waals surface area contributed by atoms with E-state index in [9.17, 15) is 9.59 Å². The Bertz CT molecular complexity index is 504. The van der Waals surface area contributed by atoms with E-state index in [1.165, 1.54) is 0 Å². The van der Waals surface area contributed by atoms with Crippen LogP contribution in [0.15, 0.2) is 30.5 Å². The fraction of sp³-hybridized carbons (Fsp3) is 0.167. The molecule has 4 nitrogen and oxygen atoms in total. The minimum Gasteiger partial charge on any atom is -0.361 e. The van der Waals surface area contributed by atoms with Gasteiger partial charge in [-0.05, 0) is 11.6 Å². The van der Waals surface area contributed by atoms with Gasteiger partial charge in [0.15, 0.2) is 0 Å². The molecule has 16 heavy (non-hydrogen) atoms. The number of rotatable bonds is 5. The number of aromatic amines is 1. The first-order valence-corrected chi connectivity index (χ1v) is 4.97. The van der Waals surface area contributed by atoms with Crippen molar-refractivity contribution < 1.29 is 9.59 Å². The number of carbonyl (C=O) groups excluding carboxylic acids is 2. The number of para-hydroxylation sites is 1. The zero-order valence-electron chi connectivity index (χ0n) is 8.57. The first-order chi connectivity index (χ1) is 7.85. The maximum Gasteiger partial charge on any atom is 0.223 e. The molecule has 1 aromatic carbocycles. The summed E-state index contributed by atoms with van der Waals surface area (Å²) >= 11 is 0. The average Bonchev–Trinajstić information content (AvgIpc) is 2.72. The molecule has 4 heteroatoms. The van der Waals surface area contributed by atoms with Crippen LogP contribution >= 0.6 is 0 Å². The molecule has 1 aromatic heterocycles. The summed E-state index contributed by atoms with van der Waals surface area (Å²) in [5.41, 5.74) is 2.02. The van der Waals surface area contributed by atoms with Crippen LogP contribution in [0.4, 0.5) is 0 Å². The number of hydrogen-bond acceptors (Lipinski definition) is 2. The number of fused-ring (bicyclic) bond motifs is 1. The molecule has 0 bridgehead atoms. The van der Waals surface area contributed by atoms with Crippen molar-refractivity contribution in [1.29, 1.82) is 0 Å². The first kappa shape index (κ1) is 10.4. The Labute approximate surface area is 92.7 Å². The Hall–Kier alpha value is -2.10. The van der Waals surface area contributed by atoms with E-state index in [0.29, 0.717) is 12.8 Å². The Kier molecular flexibility index (Phi) is 3.00. The molecule has 81 valence electrons. The zero-order valence-corrected chi connectivity index (χ0v) is 8.57. The van der Waals surface area contributed by atoms with E-state index >= 15 is 0 Å². The van der Waals surface area contributed by atoms with Gasteiger partial charge in [0.25, 0.3) is 0 Å². The highest BCUT2D eigenvalue weighted by Crippen LogP contribution is 2.18. The van der Waals surface area contributed by atoms with Gasteiger partial charge in [-0.1, -0.05) is 18.2 Å². The molecule has 0 saturated carbocycles. The van der Waals surface area contributed by atoms with Crippen molar-refractivity contribution in [3.05, 3.63) is 36.0 Å². The Morgan fingerprint density at radius 2 is 2.25 bits per heavy atom. The van der Waals surface area contributed by atoms with Crippen molar-refractivity contribution in [2.75, 3.05) is 0 Å². The molecule has 0 aliphatic rings. The highest BCUT2D eigenvalue weighted by molar-refractivity contribution is 5.83. The minimum atomic E-state index is -0.586. The van der Waals surface area contributed by atoms with Crippen LogP contribution < -0.4 is 5.32 Å². The third kappa shape index (κ3) is 1.95. The second-order valence-electron chi connectivity index (χ2n) is 3.52. The Morgan fingerprint density at radius 3 is 3.00 bits per heavy atom. The summed E-state index contributed by atoms with van der Waals surface area (Å²) in [7, 11) is 0. The molecule has 0 aliphatic carbocycles. The van der Waals surface area contributed by atoms with E-state index in [1.807, 2.05) is 30.5 Å². The molecule has 0 aliphatic heterocycles. The summed E-state index contributed by atoms with van der Waals surface area (Å²) in [5, 5.41) is 3.48. The summed E-state index contributed by atoms with van der Waals surface area (Å²) in [6.45, 7) is 0. The molecule has 0 unspecified atom stereocenters. The zero-order chi connectivity index (χ0) is 11.4. The monoisotopic (exact) mass is 215 g/mol. The third-order valence-electron chi connectivity index (χ3n) is 2.51. The number of aromatic nitrogens is 1. The van der Waals surface area contributed by atoms with Gasteiger partial charge in [0.1, 0.15) is 0 Å². The van der Waals surface area contributed by atoms with Gasteiger partial charge in [-0.2, -0.15) is 0 Å². The molecule has 1 atom stereocenters. The predicted octanol–water partition coefficient (Wildman–Crippen LogP) is 0.935. The largest absolute Gasteiger partial charge is 0.361 e. The summed E-state index contributed by atoms with van der Waals surface area (Å²) in [5.74, 6) is 0. The number of carbonyl (C=O) groups is 1. The van der Waals surface area contributed by atoms with Gasteiger partial charge in [-0.3, -0.25) is 9.59 Å². The van der Waals surface area contributed by atoms with E-state index in [2.05, 4.69) is 10.3 Å². The van der Waals surface area contributed by atoms with Crippen molar-refractivity contribution >= 4 is 23.6 Å². The summed E-state index contributed by atoms with van der Waals surface area (Å²) in [4.78, 5) is 24.0. The number of H-pyrrole nitrogens is 1. The standard InChI is InChI=1S/C12H11N2O2/c15-7-10(14-8-16)5-9-6-13-12-4-2-1-3-11(9)12/h1-4,6,8,10,13H,5H2,(H,14,16)/t10-/m0/s1. The smallest absolute Gasteiger partial charge is 0.223 e. The second kappa shape index (κ2) is 4.61. The number of benzene rings is 1. The number of nitrogens with one attached hydrogen (secondary N) is 2. The number of amides is 1. The van der Waals surface area contributed by atoms with Crippen LogP contribution in [0.25, 0.3) is 10.9 Å². The number of hydrogen-bond donors (Lipinski definition) is 2. The molecule has 1 radical (unpaired) electrons. The Balaban J connectivity index is 2.26. The van der Waals surface area contributed by atoms with Crippen LogP contribution in [0.1, 0.15) is 5.56 Å².